The molecule has 0 aliphatic rings. The Kier molecular flexibility index (Phi) is 3.91. The summed E-state index contributed by atoms with van der Waals surface area (Å²) in [5.74, 6) is 0. The van der Waals surface area contributed by atoms with Gasteiger partial charge in [-0.2, -0.15) is 0 Å². The molecule has 1 nitrogen and oxygen atoms in total. The van der Waals surface area contributed by atoms with Crippen molar-refractivity contribution in [1.82, 2.24) is 0 Å². The Balaban J connectivity index is 2.19. The third-order valence-electron chi connectivity index (χ3n) is 0.154. The van der Waals surface area contributed by atoms with Gasteiger partial charge in [0, 0.05) is 0 Å². The summed E-state index contributed by atoms with van der Waals surface area (Å²) in [5, 5.41) is 0. The van der Waals surface area contributed by atoms with Crippen LogP contribution in [0.1, 0.15) is 0 Å². The van der Waals surface area contributed by atoms with Crippen molar-refractivity contribution >= 4 is 15.5 Å². The molecule has 5 heteroatoms. The van der Waals surface area contributed by atoms with Gasteiger partial charge >= 0.3 is 15.5 Å². The highest BCUT2D eigenvalue weighted by molar-refractivity contribution is 6.33. The summed E-state index contributed by atoms with van der Waals surface area (Å²) in [4.78, 5) is 0. The van der Waals surface area contributed by atoms with E-state index in [1.165, 1.54) is 0 Å². The van der Waals surface area contributed by atoms with Gasteiger partial charge in [0.2, 0.25) is 0 Å². The summed E-state index contributed by atoms with van der Waals surface area (Å²) in [5.41, 5.74) is 0. The van der Waals surface area contributed by atoms with Crippen LogP contribution >= 0.6 is 0 Å². The minimum Gasteiger partial charge on any atom is -0.450 e. The standard InChI is InChI=1S/B2F2H2O/c3-1-5-2-4/h1-2H. The van der Waals surface area contributed by atoms with Crippen LogP contribution in [0.5, 0.6) is 0 Å². The van der Waals surface area contributed by atoms with E-state index in [1.54, 1.807) is 0 Å². The maximum atomic E-state index is 10.5. The highest BCUT2D eigenvalue weighted by atomic mass is 19.1. The lowest BCUT2D eigenvalue weighted by molar-refractivity contribution is 0.521. The molecule has 0 amide bonds. The zero-order valence-corrected chi connectivity index (χ0v) is 2.58. The van der Waals surface area contributed by atoms with E-state index in [0.29, 0.717) is 0 Å². The zero-order chi connectivity index (χ0) is 4.12. The second-order valence-corrected chi connectivity index (χ2v) is 0.422. The van der Waals surface area contributed by atoms with Crippen LogP contribution in [0.25, 0.3) is 0 Å². The molecule has 0 saturated heterocycles. The molecule has 0 radical (unpaired) electrons. The van der Waals surface area contributed by atoms with E-state index in [2.05, 4.69) is 4.57 Å². The Morgan fingerprint density at radius 1 is 1.20 bits per heavy atom. The lowest BCUT2D eigenvalue weighted by Crippen LogP contribution is -1.90. The summed E-state index contributed by atoms with van der Waals surface area (Å²) in [7, 11) is -2.06. The first-order valence-electron chi connectivity index (χ1n) is 1.11. The van der Waals surface area contributed by atoms with Gasteiger partial charge < -0.3 is 4.57 Å². The maximum Gasteiger partial charge on any atom is 0.469 e. The summed E-state index contributed by atoms with van der Waals surface area (Å²) >= 11 is 0. The number of rotatable bonds is 2. The monoisotopic (exact) mass is 78.0 g/mol. The van der Waals surface area contributed by atoms with E-state index in [9.17, 15) is 8.63 Å². The second kappa shape index (κ2) is 3.95. The van der Waals surface area contributed by atoms with Crippen LogP contribution in [0.4, 0.5) is 8.63 Å². The van der Waals surface area contributed by atoms with Crippen LogP contribution in [0.15, 0.2) is 0 Å². The highest BCUT2D eigenvalue weighted by Crippen LogP contribution is 1.63. The Hall–Kier alpha value is -0.0501. The quantitative estimate of drug-likeness (QED) is 0.403. The van der Waals surface area contributed by atoms with Crippen molar-refractivity contribution in [2.24, 2.45) is 0 Å². The van der Waals surface area contributed by atoms with E-state index < -0.39 is 15.5 Å². The lowest BCUT2D eigenvalue weighted by Gasteiger charge is -1.75. The minimum absolute atomic E-state index is 1.03. The molecule has 0 heterocycles. The Bertz CT molecular complexity index is 15.1. The average molecular weight is 77.6 g/mol. The maximum absolute atomic E-state index is 10.5. The van der Waals surface area contributed by atoms with Gasteiger partial charge in [0.1, 0.15) is 0 Å². The summed E-state index contributed by atoms with van der Waals surface area (Å²) in [6.07, 6.45) is 0. The topological polar surface area (TPSA) is 9.23 Å². The second-order valence-electron chi connectivity index (χ2n) is 0.422. The Morgan fingerprint density at radius 2 is 1.60 bits per heavy atom. The van der Waals surface area contributed by atoms with Crippen molar-refractivity contribution in [2.75, 3.05) is 0 Å². The van der Waals surface area contributed by atoms with Gasteiger partial charge in [0.25, 0.3) is 0 Å². The Morgan fingerprint density at radius 3 is 1.60 bits per heavy atom. The molecule has 0 unspecified atom stereocenters. The largest absolute Gasteiger partial charge is 0.469 e. The normalized spacial score (nSPS) is 6.80. The molecule has 0 N–H and O–H groups in total. The number of hydrogen-bond acceptors (Lipinski definition) is 1. The van der Waals surface area contributed by atoms with Gasteiger partial charge in [-0.25, -0.2) is 0 Å². The van der Waals surface area contributed by atoms with Crippen molar-refractivity contribution in [1.29, 1.82) is 0 Å². The van der Waals surface area contributed by atoms with Crippen LogP contribution in [0.3, 0.4) is 0 Å². The van der Waals surface area contributed by atoms with Crippen molar-refractivity contribution in [3.05, 3.63) is 0 Å². The molecule has 0 aromatic rings. The van der Waals surface area contributed by atoms with Gasteiger partial charge in [0.15, 0.2) is 0 Å². The van der Waals surface area contributed by atoms with Crippen LogP contribution in [-0.2, 0) is 4.57 Å². The molecule has 28 valence electrons. The van der Waals surface area contributed by atoms with E-state index in [4.69, 9.17) is 0 Å². The summed E-state index contributed by atoms with van der Waals surface area (Å²) < 4.78 is 24.6. The fourth-order valence-corrected chi connectivity index (χ4v) is 0.0292. The molecule has 0 spiro atoms. The smallest absolute Gasteiger partial charge is 0.450 e. The van der Waals surface area contributed by atoms with Gasteiger partial charge in [-0.15, -0.1) is 0 Å². The van der Waals surface area contributed by atoms with E-state index in [-0.39, 0.29) is 0 Å². The van der Waals surface area contributed by atoms with E-state index in [1.807, 2.05) is 0 Å². The van der Waals surface area contributed by atoms with Crippen molar-refractivity contribution < 1.29 is 13.2 Å². The van der Waals surface area contributed by atoms with Gasteiger partial charge in [-0.1, -0.05) is 0 Å². The minimum atomic E-state index is -1.03. The third kappa shape index (κ3) is 3.95. The van der Waals surface area contributed by atoms with Crippen LogP contribution in [0.2, 0.25) is 0 Å². The first-order chi connectivity index (χ1) is 2.41. The van der Waals surface area contributed by atoms with Gasteiger partial charge in [-0.3, -0.25) is 8.63 Å². The number of hydrogen-bond donors (Lipinski definition) is 0. The molecule has 0 rings (SSSR count). The van der Waals surface area contributed by atoms with Crippen LogP contribution < -0.4 is 0 Å². The molecule has 0 saturated carbocycles. The molecular formula is H2B2F2O. The summed E-state index contributed by atoms with van der Waals surface area (Å²) in [6.45, 7) is 0. The molecule has 5 heavy (non-hydrogen) atoms. The van der Waals surface area contributed by atoms with Crippen LogP contribution in [0, 0.1) is 0 Å². The lowest BCUT2D eigenvalue weighted by atomic mass is 10.3. The van der Waals surface area contributed by atoms with Gasteiger partial charge in [0.05, 0.1) is 0 Å². The highest BCUT2D eigenvalue weighted by Gasteiger charge is 1.82. The molecule has 0 aromatic carbocycles. The first kappa shape index (κ1) is 4.95. The number of halogens is 2. The molecule has 0 aromatic heterocycles. The molecule has 0 fully saturated rings. The average Bonchev–Trinajstić information content (AvgIpc) is 1.41. The fourth-order valence-electron chi connectivity index (χ4n) is 0.0292. The SMILES string of the molecule is FBOBF. The van der Waals surface area contributed by atoms with Crippen molar-refractivity contribution in [3.8, 4) is 0 Å². The Labute approximate surface area is 30.0 Å². The predicted molar refractivity (Wildman–Crippen MR) is 17.6 cm³/mol. The third-order valence-corrected chi connectivity index (χ3v) is 0.154. The molecular weight excluding hydrogens is 75.6 g/mol. The molecule has 0 aliphatic carbocycles. The molecule has 0 bridgehead atoms. The summed E-state index contributed by atoms with van der Waals surface area (Å²) in [6, 6.07) is 0. The van der Waals surface area contributed by atoms with Gasteiger partial charge in [-0.05, 0) is 0 Å². The zero-order valence-electron chi connectivity index (χ0n) is 2.58. The van der Waals surface area contributed by atoms with Crippen molar-refractivity contribution in [3.63, 3.8) is 0 Å². The first-order valence-corrected chi connectivity index (χ1v) is 1.11. The van der Waals surface area contributed by atoms with E-state index in [0.717, 1.165) is 0 Å². The molecule has 0 atom stereocenters. The predicted octanol–water partition coefficient (Wildman–Crippen LogP) is -0.525. The fraction of sp³-hybridized carbons (Fsp3) is 0. The molecule has 0 aliphatic heterocycles. The van der Waals surface area contributed by atoms with E-state index >= 15 is 0 Å². The van der Waals surface area contributed by atoms with Crippen LogP contribution in [-0.4, -0.2) is 15.5 Å². The van der Waals surface area contributed by atoms with Crippen molar-refractivity contribution in [2.45, 2.75) is 0 Å².